The standard InChI is InChI=1S/C14H19N5/c15-9-11-6-8-17-18-14(11)19(13-4-5-13)10-12-3-1-2-7-16-12/h6,8,12-13,16H,1-5,7,10H2. The molecule has 1 unspecified atom stereocenters. The number of hydrogen-bond acceptors (Lipinski definition) is 5. The zero-order valence-electron chi connectivity index (χ0n) is 11.0. The third-order valence-electron chi connectivity index (χ3n) is 3.91. The highest BCUT2D eigenvalue weighted by Gasteiger charge is 2.33. The molecule has 0 bridgehead atoms. The summed E-state index contributed by atoms with van der Waals surface area (Å²) in [5.74, 6) is 0.764. The Morgan fingerprint density at radius 3 is 2.95 bits per heavy atom. The van der Waals surface area contributed by atoms with E-state index in [9.17, 15) is 5.26 Å². The molecule has 2 fully saturated rings. The third-order valence-corrected chi connectivity index (χ3v) is 3.91. The van der Waals surface area contributed by atoms with Crippen molar-refractivity contribution in [3.8, 4) is 6.07 Å². The molecule has 1 aromatic rings. The molecule has 5 heteroatoms. The van der Waals surface area contributed by atoms with Crippen LogP contribution in [0.5, 0.6) is 0 Å². The number of anilines is 1. The Bertz CT molecular complexity index is 471. The van der Waals surface area contributed by atoms with Gasteiger partial charge < -0.3 is 10.2 Å². The van der Waals surface area contributed by atoms with Crippen molar-refractivity contribution < 1.29 is 0 Å². The smallest absolute Gasteiger partial charge is 0.169 e. The Morgan fingerprint density at radius 1 is 1.37 bits per heavy atom. The van der Waals surface area contributed by atoms with Crippen molar-refractivity contribution >= 4 is 5.82 Å². The predicted molar refractivity (Wildman–Crippen MR) is 72.8 cm³/mol. The molecular formula is C14H19N5. The maximum atomic E-state index is 9.22. The second kappa shape index (κ2) is 5.54. The Morgan fingerprint density at radius 2 is 2.26 bits per heavy atom. The van der Waals surface area contributed by atoms with Crippen molar-refractivity contribution in [2.75, 3.05) is 18.0 Å². The van der Waals surface area contributed by atoms with Gasteiger partial charge in [0.2, 0.25) is 0 Å². The molecule has 5 nitrogen and oxygen atoms in total. The summed E-state index contributed by atoms with van der Waals surface area (Å²) >= 11 is 0. The molecule has 1 aromatic heterocycles. The quantitative estimate of drug-likeness (QED) is 0.884. The normalized spacial score (nSPS) is 22.8. The zero-order chi connectivity index (χ0) is 13.1. The molecule has 1 saturated carbocycles. The molecule has 2 aliphatic rings. The summed E-state index contributed by atoms with van der Waals surface area (Å²) in [7, 11) is 0. The average Bonchev–Trinajstić information content (AvgIpc) is 3.30. The summed E-state index contributed by atoms with van der Waals surface area (Å²) in [6.07, 6.45) is 7.77. The van der Waals surface area contributed by atoms with Gasteiger partial charge in [-0.15, -0.1) is 5.10 Å². The van der Waals surface area contributed by atoms with Gasteiger partial charge in [-0.05, 0) is 38.3 Å². The number of aromatic nitrogens is 2. The number of rotatable bonds is 4. The van der Waals surface area contributed by atoms with Gasteiger partial charge in [-0.3, -0.25) is 0 Å². The number of piperidine rings is 1. The van der Waals surface area contributed by atoms with Gasteiger partial charge in [0.15, 0.2) is 5.82 Å². The minimum atomic E-state index is 0.517. The first-order valence-electron chi connectivity index (χ1n) is 7.10. The molecule has 1 N–H and O–H groups in total. The summed E-state index contributed by atoms with van der Waals surface area (Å²) in [6.45, 7) is 2.05. The fourth-order valence-electron chi connectivity index (χ4n) is 2.74. The first kappa shape index (κ1) is 12.4. The van der Waals surface area contributed by atoms with Crippen molar-refractivity contribution in [2.45, 2.75) is 44.2 Å². The summed E-state index contributed by atoms with van der Waals surface area (Å²) < 4.78 is 0. The van der Waals surface area contributed by atoms with Gasteiger partial charge in [0.05, 0.1) is 11.8 Å². The van der Waals surface area contributed by atoms with Crippen molar-refractivity contribution in [3.63, 3.8) is 0 Å². The summed E-state index contributed by atoms with van der Waals surface area (Å²) in [6, 6.07) is 5.05. The lowest BCUT2D eigenvalue weighted by Gasteiger charge is -2.31. The molecule has 1 aliphatic heterocycles. The van der Waals surface area contributed by atoms with Crippen LogP contribution in [0.1, 0.15) is 37.7 Å². The molecular weight excluding hydrogens is 238 g/mol. The minimum Gasteiger partial charge on any atom is -0.349 e. The molecule has 19 heavy (non-hydrogen) atoms. The molecule has 0 amide bonds. The highest BCUT2D eigenvalue weighted by Crippen LogP contribution is 2.32. The van der Waals surface area contributed by atoms with Crippen LogP contribution in [-0.2, 0) is 0 Å². The number of nitrogens with zero attached hydrogens (tertiary/aromatic N) is 4. The van der Waals surface area contributed by atoms with E-state index in [-0.39, 0.29) is 0 Å². The van der Waals surface area contributed by atoms with E-state index in [0.717, 1.165) is 18.9 Å². The van der Waals surface area contributed by atoms with Crippen molar-refractivity contribution in [3.05, 3.63) is 17.8 Å². The van der Waals surface area contributed by atoms with Crippen LogP contribution in [-0.4, -0.2) is 35.4 Å². The maximum absolute atomic E-state index is 9.22. The Kier molecular flexibility index (Phi) is 3.60. The Hall–Kier alpha value is -1.67. The topological polar surface area (TPSA) is 64.8 Å². The Balaban J connectivity index is 1.78. The van der Waals surface area contributed by atoms with E-state index in [1.807, 2.05) is 0 Å². The minimum absolute atomic E-state index is 0.517. The van der Waals surface area contributed by atoms with Gasteiger partial charge in [-0.1, -0.05) is 6.42 Å². The van der Waals surface area contributed by atoms with E-state index in [4.69, 9.17) is 0 Å². The van der Waals surface area contributed by atoms with Gasteiger partial charge in [0.25, 0.3) is 0 Å². The van der Waals surface area contributed by atoms with E-state index in [2.05, 4.69) is 26.5 Å². The van der Waals surface area contributed by atoms with Gasteiger partial charge in [0.1, 0.15) is 6.07 Å². The number of nitriles is 1. The first-order valence-corrected chi connectivity index (χ1v) is 7.10. The van der Waals surface area contributed by atoms with Crippen LogP contribution in [0.25, 0.3) is 0 Å². The second-order valence-electron chi connectivity index (χ2n) is 5.41. The molecule has 3 rings (SSSR count). The van der Waals surface area contributed by atoms with Crippen LogP contribution >= 0.6 is 0 Å². The van der Waals surface area contributed by atoms with Crippen LogP contribution < -0.4 is 10.2 Å². The van der Waals surface area contributed by atoms with Gasteiger partial charge in [-0.2, -0.15) is 10.4 Å². The van der Waals surface area contributed by atoms with E-state index < -0.39 is 0 Å². The monoisotopic (exact) mass is 257 g/mol. The van der Waals surface area contributed by atoms with Crippen LogP contribution in [0.2, 0.25) is 0 Å². The van der Waals surface area contributed by atoms with Crippen LogP contribution in [0, 0.1) is 11.3 Å². The summed E-state index contributed by atoms with van der Waals surface area (Å²) in [5, 5.41) is 20.9. The van der Waals surface area contributed by atoms with E-state index in [1.54, 1.807) is 12.3 Å². The third kappa shape index (κ3) is 2.85. The van der Waals surface area contributed by atoms with Gasteiger partial charge >= 0.3 is 0 Å². The largest absolute Gasteiger partial charge is 0.349 e. The average molecular weight is 257 g/mol. The highest BCUT2D eigenvalue weighted by atomic mass is 15.3. The SMILES string of the molecule is N#Cc1ccnnc1N(CC1CCCCN1)C1CC1. The molecule has 0 spiro atoms. The van der Waals surface area contributed by atoms with Gasteiger partial charge in [0, 0.05) is 18.6 Å². The lowest BCUT2D eigenvalue weighted by atomic mass is 10.0. The second-order valence-corrected chi connectivity index (χ2v) is 5.41. The molecule has 2 heterocycles. The Labute approximate surface area is 113 Å². The predicted octanol–water partition coefficient (Wildman–Crippen LogP) is 1.46. The van der Waals surface area contributed by atoms with E-state index >= 15 is 0 Å². The lowest BCUT2D eigenvalue weighted by Crippen LogP contribution is -2.45. The molecule has 100 valence electrons. The van der Waals surface area contributed by atoms with Crippen LogP contribution in [0.15, 0.2) is 12.3 Å². The fraction of sp³-hybridized carbons (Fsp3) is 0.643. The van der Waals surface area contributed by atoms with Crippen LogP contribution in [0.3, 0.4) is 0 Å². The maximum Gasteiger partial charge on any atom is 0.169 e. The van der Waals surface area contributed by atoms with Crippen molar-refractivity contribution in [1.82, 2.24) is 15.5 Å². The van der Waals surface area contributed by atoms with Crippen molar-refractivity contribution in [1.29, 1.82) is 5.26 Å². The molecule has 1 saturated heterocycles. The molecule has 0 aromatic carbocycles. The van der Waals surface area contributed by atoms with E-state index in [0.29, 0.717) is 17.6 Å². The first-order chi connectivity index (χ1) is 9.38. The van der Waals surface area contributed by atoms with Crippen LogP contribution in [0.4, 0.5) is 5.82 Å². The van der Waals surface area contributed by atoms with E-state index in [1.165, 1.54) is 32.1 Å². The fourth-order valence-corrected chi connectivity index (χ4v) is 2.74. The summed E-state index contributed by atoms with van der Waals surface area (Å²) in [4.78, 5) is 2.29. The molecule has 0 radical (unpaired) electrons. The summed E-state index contributed by atoms with van der Waals surface area (Å²) in [5.41, 5.74) is 0.637. The number of nitrogens with one attached hydrogen (secondary N) is 1. The highest BCUT2D eigenvalue weighted by molar-refractivity contribution is 5.54. The van der Waals surface area contributed by atoms with Crippen molar-refractivity contribution in [2.24, 2.45) is 0 Å². The van der Waals surface area contributed by atoms with Gasteiger partial charge in [-0.25, -0.2) is 0 Å². The lowest BCUT2D eigenvalue weighted by molar-refractivity contribution is 0.397. The molecule has 1 aliphatic carbocycles. The zero-order valence-corrected chi connectivity index (χ0v) is 11.0. The molecule has 1 atom stereocenters. The number of hydrogen-bond donors (Lipinski definition) is 1.